The summed E-state index contributed by atoms with van der Waals surface area (Å²) >= 11 is 3.17. The second-order valence-corrected chi connectivity index (χ2v) is 4.55. The Morgan fingerprint density at radius 1 is 1.53 bits per heavy atom. The number of rotatable bonds is 4. The summed E-state index contributed by atoms with van der Waals surface area (Å²) in [6.07, 6.45) is 0. The van der Waals surface area contributed by atoms with E-state index in [1.807, 2.05) is 0 Å². The Hall–Kier alpha value is -1.93. The van der Waals surface area contributed by atoms with E-state index in [-0.39, 0.29) is 17.9 Å². The number of benzene rings is 1. The molecule has 0 saturated heterocycles. The van der Waals surface area contributed by atoms with Gasteiger partial charge in [0.25, 0.3) is 11.2 Å². The number of halogens is 1. The van der Waals surface area contributed by atoms with Crippen LogP contribution in [-0.2, 0) is 11.3 Å². The maximum absolute atomic E-state index is 12.0. The molecule has 2 rings (SSSR count). The summed E-state index contributed by atoms with van der Waals surface area (Å²) in [5.41, 5.74) is 0.553. The molecule has 0 spiro atoms. The largest absolute Gasteiger partial charge is 0.378 e. The van der Waals surface area contributed by atoms with Crippen molar-refractivity contribution in [3.63, 3.8) is 0 Å². The van der Waals surface area contributed by atoms with Crippen LogP contribution in [0.1, 0.15) is 5.69 Å². The van der Waals surface area contributed by atoms with Gasteiger partial charge in [0, 0.05) is 19.2 Å². The van der Waals surface area contributed by atoms with E-state index in [0.29, 0.717) is 15.9 Å². The number of hydrogen-bond donors (Lipinski definition) is 1. The van der Waals surface area contributed by atoms with Gasteiger partial charge in [0.15, 0.2) is 0 Å². The summed E-state index contributed by atoms with van der Waals surface area (Å²) in [7, 11) is 1.51. The van der Waals surface area contributed by atoms with E-state index in [9.17, 15) is 14.9 Å². The van der Waals surface area contributed by atoms with Gasteiger partial charge < -0.3 is 4.74 Å². The Labute approximate surface area is 116 Å². The molecule has 0 aliphatic carbocycles. The number of aromatic nitrogens is 2. The van der Waals surface area contributed by atoms with E-state index in [1.54, 1.807) is 6.07 Å². The Balaban J connectivity index is 2.53. The average Bonchev–Trinajstić information content (AvgIpc) is 2.68. The second-order valence-electron chi connectivity index (χ2n) is 3.75. The topological polar surface area (TPSA) is 90.2 Å². The van der Waals surface area contributed by atoms with Crippen molar-refractivity contribution >= 4 is 21.6 Å². The third kappa shape index (κ3) is 2.59. The number of H-pyrrole nitrogens is 1. The highest BCUT2D eigenvalue weighted by molar-refractivity contribution is 9.10. The molecule has 100 valence electrons. The summed E-state index contributed by atoms with van der Waals surface area (Å²) in [6, 6.07) is 5.81. The standard InChI is InChI=1S/C11H10BrN3O4/c1-19-6-9-10(12)11(16)14(13-9)7-3-2-4-8(5-7)15(17)18/h2-5,13H,6H2,1H3. The molecule has 0 atom stereocenters. The molecule has 0 unspecified atom stereocenters. The van der Waals surface area contributed by atoms with E-state index in [4.69, 9.17) is 4.74 Å². The second kappa shape index (κ2) is 5.37. The maximum atomic E-state index is 12.0. The van der Waals surface area contributed by atoms with Gasteiger partial charge in [-0.15, -0.1) is 0 Å². The summed E-state index contributed by atoms with van der Waals surface area (Å²) in [5.74, 6) is 0. The molecule has 0 saturated carbocycles. The molecule has 0 amide bonds. The number of aromatic amines is 1. The van der Waals surface area contributed by atoms with E-state index >= 15 is 0 Å². The minimum absolute atomic E-state index is 0.0802. The molecule has 0 bridgehead atoms. The molecule has 0 radical (unpaired) electrons. The molecule has 19 heavy (non-hydrogen) atoms. The third-order valence-corrected chi connectivity index (χ3v) is 3.31. The molecule has 1 aromatic carbocycles. The lowest BCUT2D eigenvalue weighted by Crippen LogP contribution is -2.14. The van der Waals surface area contributed by atoms with Crippen LogP contribution in [0, 0.1) is 10.1 Å². The number of nitrogens with zero attached hydrogens (tertiary/aromatic N) is 2. The van der Waals surface area contributed by atoms with Crippen LogP contribution in [0.15, 0.2) is 33.5 Å². The van der Waals surface area contributed by atoms with Crippen LogP contribution in [-0.4, -0.2) is 21.8 Å². The molecule has 2 aromatic rings. The van der Waals surface area contributed by atoms with Crippen molar-refractivity contribution in [3.8, 4) is 5.69 Å². The lowest BCUT2D eigenvalue weighted by atomic mass is 10.3. The molecular formula is C11H10BrN3O4. The minimum Gasteiger partial charge on any atom is -0.378 e. The van der Waals surface area contributed by atoms with E-state index in [2.05, 4.69) is 21.0 Å². The molecule has 0 aliphatic rings. The Bertz CT molecular complexity index is 677. The van der Waals surface area contributed by atoms with Crippen LogP contribution in [0.5, 0.6) is 0 Å². The zero-order chi connectivity index (χ0) is 14.0. The van der Waals surface area contributed by atoms with Crippen LogP contribution in [0.2, 0.25) is 0 Å². The van der Waals surface area contributed by atoms with Crippen LogP contribution in [0.25, 0.3) is 5.69 Å². The van der Waals surface area contributed by atoms with Gasteiger partial charge in [0.2, 0.25) is 0 Å². The zero-order valence-electron chi connectivity index (χ0n) is 9.92. The molecule has 0 fully saturated rings. The van der Waals surface area contributed by atoms with E-state index < -0.39 is 4.92 Å². The van der Waals surface area contributed by atoms with Gasteiger partial charge in [-0.2, -0.15) is 0 Å². The third-order valence-electron chi connectivity index (χ3n) is 2.49. The minimum atomic E-state index is -0.511. The van der Waals surface area contributed by atoms with Crippen LogP contribution in [0.3, 0.4) is 0 Å². The SMILES string of the molecule is COCc1[nH]n(-c2cccc([N+](=O)[O-])c2)c(=O)c1Br. The summed E-state index contributed by atoms with van der Waals surface area (Å²) in [6.45, 7) is 0.234. The van der Waals surface area contributed by atoms with Gasteiger partial charge in [-0.3, -0.25) is 20.0 Å². The first kappa shape index (κ1) is 13.5. The highest BCUT2D eigenvalue weighted by atomic mass is 79.9. The first-order valence-electron chi connectivity index (χ1n) is 5.27. The van der Waals surface area contributed by atoms with Crippen molar-refractivity contribution in [1.82, 2.24) is 9.78 Å². The van der Waals surface area contributed by atoms with Gasteiger partial charge in [0.05, 0.1) is 22.9 Å². The van der Waals surface area contributed by atoms with Crippen molar-refractivity contribution in [3.05, 3.63) is 54.9 Å². The Morgan fingerprint density at radius 3 is 2.89 bits per heavy atom. The number of nitro groups is 1. The number of nitro benzene ring substituents is 1. The highest BCUT2D eigenvalue weighted by Crippen LogP contribution is 2.17. The van der Waals surface area contributed by atoms with Crippen molar-refractivity contribution < 1.29 is 9.66 Å². The van der Waals surface area contributed by atoms with Crippen LogP contribution in [0.4, 0.5) is 5.69 Å². The van der Waals surface area contributed by atoms with Gasteiger partial charge >= 0.3 is 0 Å². The number of ether oxygens (including phenoxy) is 1. The van der Waals surface area contributed by atoms with Crippen molar-refractivity contribution in [2.75, 3.05) is 7.11 Å². The van der Waals surface area contributed by atoms with Crippen LogP contribution < -0.4 is 5.56 Å². The number of non-ortho nitro benzene ring substituents is 1. The van der Waals surface area contributed by atoms with Gasteiger partial charge in [-0.1, -0.05) is 6.07 Å². The smallest absolute Gasteiger partial charge is 0.285 e. The first-order valence-corrected chi connectivity index (χ1v) is 6.07. The van der Waals surface area contributed by atoms with Crippen LogP contribution >= 0.6 is 15.9 Å². The Morgan fingerprint density at radius 2 is 2.26 bits per heavy atom. The fourth-order valence-corrected chi connectivity index (χ4v) is 2.01. The van der Waals surface area contributed by atoms with Gasteiger partial charge in [-0.25, -0.2) is 4.68 Å². The normalized spacial score (nSPS) is 10.6. The van der Waals surface area contributed by atoms with Gasteiger partial charge in [0.1, 0.15) is 4.47 Å². The molecule has 0 aliphatic heterocycles. The average molecular weight is 328 g/mol. The summed E-state index contributed by atoms with van der Waals surface area (Å²) < 4.78 is 6.53. The predicted molar refractivity (Wildman–Crippen MR) is 71.5 cm³/mol. The molecule has 1 heterocycles. The summed E-state index contributed by atoms with van der Waals surface area (Å²) in [4.78, 5) is 22.2. The molecule has 1 aromatic heterocycles. The fraction of sp³-hybridized carbons (Fsp3) is 0.182. The van der Waals surface area contributed by atoms with E-state index in [1.165, 1.54) is 30.0 Å². The maximum Gasteiger partial charge on any atom is 0.285 e. The van der Waals surface area contributed by atoms with E-state index in [0.717, 1.165) is 0 Å². The number of methoxy groups -OCH3 is 1. The number of hydrogen-bond acceptors (Lipinski definition) is 4. The quantitative estimate of drug-likeness (QED) is 0.686. The van der Waals surface area contributed by atoms with Crippen molar-refractivity contribution in [2.45, 2.75) is 6.61 Å². The van der Waals surface area contributed by atoms with Gasteiger partial charge in [-0.05, 0) is 22.0 Å². The lowest BCUT2D eigenvalue weighted by Gasteiger charge is -2.01. The summed E-state index contributed by atoms with van der Waals surface area (Å²) in [5, 5.41) is 13.6. The molecule has 1 N–H and O–H groups in total. The molecular weight excluding hydrogens is 318 g/mol. The molecule has 8 heteroatoms. The van der Waals surface area contributed by atoms with Crippen molar-refractivity contribution in [1.29, 1.82) is 0 Å². The fourth-order valence-electron chi connectivity index (χ4n) is 1.63. The first-order chi connectivity index (χ1) is 9.04. The highest BCUT2D eigenvalue weighted by Gasteiger charge is 2.14. The lowest BCUT2D eigenvalue weighted by molar-refractivity contribution is -0.384. The molecule has 7 nitrogen and oxygen atoms in total. The van der Waals surface area contributed by atoms with Crippen molar-refractivity contribution in [2.24, 2.45) is 0 Å². The zero-order valence-corrected chi connectivity index (χ0v) is 11.5. The monoisotopic (exact) mass is 327 g/mol. The predicted octanol–water partition coefficient (Wildman–Crippen LogP) is 1.98. The Kier molecular flexibility index (Phi) is 3.82. The number of nitrogens with one attached hydrogen (secondary N) is 1.